The summed E-state index contributed by atoms with van der Waals surface area (Å²) in [5.74, 6) is -1.80. The van der Waals surface area contributed by atoms with Crippen LogP contribution in [-0.4, -0.2) is 32.7 Å². The number of hydrogen-bond donors (Lipinski definition) is 1. The van der Waals surface area contributed by atoms with Crippen molar-refractivity contribution in [1.82, 2.24) is 14.8 Å². The van der Waals surface area contributed by atoms with Crippen molar-refractivity contribution in [2.45, 2.75) is 19.6 Å². The van der Waals surface area contributed by atoms with Gasteiger partial charge in [-0.25, -0.2) is 18.9 Å². The third-order valence-electron chi connectivity index (χ3n) is 4.80. The fourth-order valence-electron chi connectivity index (χ4n) is 3.18. The Morgan fingerprint density at radius 2 is 1.90 bits per heavy atom. The molecule has 2 heterocycles. The Labute approximate surface area is 177 Å². The molecule has 8 heteroatoms. The third-order valence-corrected chi connectivity index (χ3v) is 4.80. The largest absolute Gasteiger partial charge is 0.449 e. The van der Waals surface area contributed by atoms with E-state index in [0.29, 0.717) is 22.3 Å². The van der Waals surface area contributed by atoms with Crippen molar-refractivity contribution in [3.63, 3.8) is 0 Å². The molecule has 2 N–H and O–H groups in total. The zero-order valence-corrected chi connectivity index (χ0v) is 16.7. The number of halogens is 1. The smallest absolute Gasteiger partial charge is 0.339 e. The summed E-state index contributed by atoms with van der Waals surface area (Å²) in [6.45, 7) is 1.67. The summed E-state index contributed by atoms with van der Waals surface area (Å²) in [5, 5.41) is 4.80. The number of hydrogen-bond acceptors (Lipinski definition) is 5. The molecule has 0 aliphatic carbocycles. The molecule has 31 heavy (non-hydrogen) atoms. The molecule has 156 valence electrons. The highest BCUT2D eigenvalue weighted by Crippen LogP contribution is 2.26. The van der Waals surface area contributed by atoms with Gasteiger partial charge in [0.15, 0.2) is 11.8 Å². The number of fused-ring (bicyclic) bond motifs is 1. The SMILES string of the molecule is C[C@H](OC(=O)c1cc(-c2ccccc2)nc2c1cnn2Cc1cccc(F)c1)C(N)=O. The minimum Gasteiger partial charge on any atom is -0.449 e. The maximum atomic E-state index is 13.6. The van der Waals surface area contributed by atoms with Gasteiger partial charge in [0.25, 0.3) is 5.91 Å². The predicted octanol–water partition coefficient (Wildman–Crippen LogP) is 3.32. The minimum absolute atomic E-state index is 0.211. The Morgan fingerprint density at radius 1 is 1.13 bits per heavy atom. The lowest BCUT2D eigenvalue weighted by atomic mass is 10.1. The first-order chi connectivity index (χ1) is 14.9. The first-order valence-electron chi connectivity index (χ1n) is 9.59. The molecule has 4 aromatic rings. The highest BCUT2D eigenvalue weighted by atomic mass is 19.1. The van der Waals surface area contributed by atoms with Crippen LogP contribution in [0.15, 0.2) is 66.9 Å². The lowest BCUT2D eigenvalue weighted by Crippen LogP contribution is -2.30. The van der Waals surface area contributed by atoms with Crippen LogP contribution in [0.1, 0.15) is 22.8 Å². The number of benzene rings is 2. The molecule has 2 aromatic carbocycles. The number of aromatic nitrogens is 3. The molecular weight excluding hydrogens is 399 g/mol. The fraction of sp³-hybridized carbons (Fsp3) is 0.130. The molecule has 0 radical (unpaired) electrons. The molecule has 0 aliphatic heterocycles. The second-order valence-corrected chi connectivity index (χ2v) is 7.04. The van der Waals surface area contributed by atoms with E-state index in [1.54, 1.807) is 22.9 Å². The van der Waals surface area contributed by atoms with E-state index in [4.69, 9.17) is 10.5 Å². The zero-order chi connectivity index (χ0) is 22.0. The Morgan fingerprint density at radius 3 is 2.61 bits per heavy atom. The predicted molar refractivity (Wildman–Crippen MR) is 113 cm³/mol. The number of amides is 1. The van der Waals surface area contributed by atoms with E-state index >= 15 is 0 Å². The highest BCUT2D eigenvalue weighted by molar-refractivity contribution is 6.04. The van der Waals surface area contributed by atoms with Crippen LogP contribution in [0.25, 0.3) is 22.3 Å². The maximum Gasteiger partial charge on any atom is 0.339 e. The van der Waals surface area contributed by atoms with Gasteiger partial charge in [-0.1, -0.05) is 42.5 Å². The summed E-state index contributed by atoms with van der Waals surface area (Å²) in [6, 6.07) is 17.1. The Kier molecular flexibility index (Phi) is 5.44. The summed E-state index contributed by atoms with van der Waals surface area (Å²) in [4.78, 5) is 28.9. The lowest BCUT2D eigenvalue weighted by molar-refractivity contribution is -0.125. The van der Waals surface area contributed by atoms with Gasteiger partial charge in [-0.2, -0.15) is 5.10 Å². The van der Waals surface area contributed by atoms with Gasteiger partial charge in [0, 0.05) is 5.56 Å². The second kappa shape index (κ2) is 8.35. The quantitative estimate of drug-likeness (QED) is 0.484. The van der Waals surface area contributed by atoms with Gasteiger partial charge in [-0.3, -0.25) is 4.79 Å². The third kappa shape index (κ3) is 4.28. The van der Waals surface area contributed by atoms with Gasteiger partial charge in [-0.05, 0) is 30.7 Å². The number of primary amides is 1. The monoisotopic (exact) mass is 418 g/mol. The van der Waals surface area contributed by atoms with Crippen molar-refractivity contribution < 1.29 is 18.7 Å². The number of nitrogens with two attached hydrogens (primary N) is 1. The molecular formula is C23H19FN4O3. The van der Waals surface area contributed by atoms with E-state index < -0.39 is 18.0 Å². The Hall–Kier alpha value is -4.07. The van der Waals surface area contributed by atoms with Crippen LogP contribution in [0, 0.1) is 5.82 Å². The molecule has 1 atom stereocenters. The van der Waals surface area contributed by atoms with Crippen LogP contribution in [-0.2, 0) is 16.1 Å². The average molecular weight is 418 g/mol. The van der Waals surface area contributed by atoms with E-state index in [0.717, 1.165) is 5.56 Å². The maximum absolute atomic E-state index is 13.6. The van der Waals surface area contributed by atoms with Crippen LogP contribution >= 0.6 is 0 Å². The standard InChI is InChI=1S/C23H19FN4O3/c1-14(21(25)29)31-23(30)18-11-20(16-7-3-2-4-8-16)27-22-19(18)12-26-28(22)13-15-6-5-9-17(24)10-15/h2-12,14H,13H2,1H3,(H2,25,29)/t14-/m0/s1. The topological polar surface area (TPSA) is 100 Å². The van der Waals surface area contributed by atoms with Gasteiger partial charge in [-0.15, -0.1) is 0 Å². The molecule has 0 saturated heterocycles. The number of pyridine rings is 1. The molecule has 0 saturated carbocycles. The Bertz CT molecular complexity index is 1270. The first kappa shape index (κ1) is 20.2. The van der Waals surface area contributed by atoms with Crippen LogP contribution in [0.4, 0.5) is 4.39 Å². The molecule has 1 amide bonds. The van der Waals surface area contributed by atoms with Crippen molar-refractivity contribution in [1.29, 1.82) is 0 Å². The van der Waals surface area contributed by atoms with Crippen molar-refractivity contribution >= 4 is 22.9 Å². The summed E-state index contributed by atoms with van der Waals surface area (Å²) >= 11 is 0. The first-order valence-corrected chi connectivity index (χ1v) is 9.59. The van der Waals surface area contributed by atoms with Crippen molar-refractivity contribution in [3.8, 4) is 11.3 Å². The number of ether oxygens (including phenoxy) is 1. The Balaban J connectivity index is 1.83. The highest BCUT2D eigenvalue weighted by Gasteiger charge is 2.22. The molecule has 0 spiro atoms. The summed E-state index contributed by atoms with van der Waals surface area (Å²) in [6.07, 6.45) is 0.417. The number of carbonyl (C=O) groups is 2. The van der Waals surface area contributed by atoms with Crippen LogP contribution in [0.3, 0.4) is 0 Å². The van der Waals surface area contributed by atoms with E-state index in [1.807, 2.05) is 30.3 Å². The minimum atomic E-state index is -1.08. The van der Waals surface area contributed by atoms with E-state index in [-0.39, 0.29) is 17.9 Å². The molecule has 0 fully saturated rings. The van der Waals surface area contributed by atoms with Gasteiger partial charge < -0.3 is 10.5 Å². The van der Waals surface area contributed by atoms with Gasteiger partial charge >= 0.3 is 5.97 Å². The number of rotatable bonds is 6. The molecule has 0 bridgehead atoms. The van der Waals surface area contributed by atoms with E-state index in [2.05, 4.69) is 10.1 Å². The van der Waals surface area contributed by atoms with Crippen LogP contribution < -0.4 is 5.73 Å². The summed E-state index contributed by atoms with van der Waals surface area (Å²) in [7, 11) is 0. The van der Waals surface area contributed by atoms with Crippen molar-refractivity contribution in [2.75, 3.05) is 0 Å². The summed E-state index contributed by atoms with van der Waals surface area (Å²) in [5.41, 5.74) is 7.89. The molecule has 7 nitrogen and oxygen atoms in total. The van der Waals surface area contributed by atoms with E-state index in [9.17, 15) is 14.0 Å². The van der Waals surface area contributed by atoms with Crippen LogP contribution in [0.2, 0.25) is 0 Å². The second-order valence-electron chi connectivity index (χ2n) is 7.04. The van der Waals surface area contributed by atoms with Gasteiger partial charge in [0.1, 0.15) is 5.82 Å². The number of carbonyl (C=O) groups excluding carboxylic acids is 2. The van der Waals surface area contributed by atoms with Gasteiger partial charge in [0.2, 0.25) is 0 Å². The number of esters is 1. The molecule has 0 aliphatic rings. The molecule has 4 rings (SSSR count). The molecule has 2 aromatic heterocycles. The normalized spacial score (nSPS) is 11.9. The van der Waals surface area contributed by atoms with E-state index in [1.165, 1.54) is 25.3 Å². The van der Waals surface area contributed by atoms with Crippen molar-refractivity contribution in [2.24, 2.45) is 5.73 Å². The van der Waals surface area contributed by atoms with Gasteiger partial charge in [0.05, 0.1) is 29.4 Å². The average Bonchev–Trinajstić information content (AvgIpc) is 3.16. The summed E-state index contributed by atoms with van der Waals surface area (Å²) < 4.78 is 20.4. The fourth-order valence-corrected chi connectivity index (χ4v) is 3.18. The van der Waals surface area contributed by atoms with Crippen molar-refractivity contribution in [3.05, 3.63) is 83.8 Å². The zero-order valence-electron chi connectivity index (χ0n) is 16.7. The molecule has 0 unspecified atom stereocenters. The number of nitrogens with zero attached hydrogens (tertiary/aromatic N) is 3. The van der Waals surface area contributed by atoms with Crippen LogP contribution in [0.5, 0.6) is 0 Å². The lowest BCUT2D eigenvalue weighted by Gasteiger charge is -2.12.